The zero-order chi connectivity index (χ0) is 18.9. The quantitative estimate of drug-likeness (QED) is 0.661. The van der Waals surface area contributed by atoms with Crippen molar-refractivity contribution in [3.05, 3.63) is 48.3 Å². The van der Waals surface area contributed by atoms with Crippen LogP contribution in [0.5, 0.6) is 5.75 Å². The largest absolute Gasteiger partial charge is 0.492 e. The Bertz CT molecular complexity index is 905. The lowest BCUT2D eigenvalue weighted by Crippen LogP contribution is -2.38. The Morgan fingerprint density at radius 1 is 1.11 bits per heavy atom. The number of ether oxygens (including phenoxy) is 1. The number of hydrogen-bond acceptors (Lipinski definition) is 3. The molecule has 1 aliphatic rings. The van der Waals surface area contributed by atoms with Gasteiger partial charge in [0.1, 0.15) is 11.4 Å². The van der Waals surface area contributed by atoms with E-state index in [4.69, 9.17) is 4.74 Å². The van der Waals surface area contributed by atoms with Gasteiger partial charge in [0.2, 0.25) is 0 Å². The summed E-state index contributed by atoms with van der Waals surface area (Å²) in [6, 6.07) is 10.8. The van der Waals surface area contributed by atoms with E-state index in [-0.39, 0.29) is 5.41 Å². The van der Waals surface area contributed by atoms with Gasteiger partial charge in [0.15, 0.2) is 0 Å². The van der Waals surface area contributed by atoms with E-state index in [9.17, 15) is 0 Å². The number of pyridine rings is 1. The molecule has 1 aliphatic heterocycles. The van der Waals surface area contributed by atoms with Crippen LogP contribution in [-0.2, 0) is 0 Å². The van der Waals surface area contributed by atoms with Gasteiger partial charge >= 0.3 is 0 Å². The molecule has 1 aromatic carbocycles. The van der Waals surface area contributed by atoms with Crippen molar-refractivity contribution in [1.82, 2.24) is 15.3 Å². The molecule has 0 bridgehead atoms. The van der Waals surface area contributed by atoms with Crippen LogP contribution in [0.1, 0.15) is 45.1 Å². The standard InChI is InChI=1S/C23H29N3O/c1-16(2)17-4-6-18(7-5-17)19-14-26-22-21(19)20(8-11-25-22)27-15-23(3)9-12-24-13-10-23/h4-8,11,14,16,24H,9-10,12-13,15H2,1-3H3,(H,25,26). The number of benzene rings is 1. The highest BCUT2D eigenvalue weighted by Crippen LogP contribution is 2.36. The molecule has 0 atom stereocenters. The van der Waals surface area contributed by atoms with E-state index in [2.05, 4.69) is 60.3 Å². The molecule has 4 heteroatoms. The van der Waals surface area contributed by atoms with Crippen LogP contribution in [0, 0.1) is 5.41 Å². The zero-order valence-corrected chi connectivity index (χ0v) is 16.5. The highest BCUT2D eigenvalue weighted by Gasteiger charge is 2.28. The molecular weight excluding hydrogens is 334 g/mol. The van der Waals surface area contributed by atoms with Gasteiger partial charge in [0.05, 0.1) is 12.0 Å². The Morgan fingerprint density at radius 3 is 2.56 bits per heavy atom. The summed E-state index contributed by atoms with van der Waals surface area (Å²) in [5.74, 6) is 1.46. The molecule has 0 saturated carbocycles. The van der Waals surface area contributed by atoms with Crippen LogP contribution >= 0.6 is 0 Å². The highest BCUT2D eigenvalue weighted by atomic mass is 16.5. The third kappa shape index (κ3) is 3.72. The Morgan fingerprint density at radius 2 is 1.85 bits per heavy atom. The monoisotopic (exact) mass is 363 g/mol. The number of aromatic nitrogens is 2. The molecule has 1 fully saturated rings. The topological polar surface area (TPSA) is 49.9 Å². The van der Waals surface area contributed by atoms with Crippen molar-refractivity contribution in [2.24, 2.45) is 5.41 Å². The minimum atomic E-state index is 0.232. The fourth-order valence-electron chi connectivity index (χ4n) is 3.85. The predicted molar refractivity (Wildman–Crippen MR) is 111 cm³/mol. The van der Waals surface area contributed by atoms with E-state index < -0.39 is 0 Å². The number of nitrogens with one attached hydrogen (secondary N) is 2. The molecule has 1 saturated heterocycles. The molecule has 2 aromatic heterocycles. The second-order valence-electron chi connectivity index (χ2n) is 8.36. The third-order valence-electron chi connectivity index (χ3n) is 5.81. The van der Waals surface area contributed by atoms with Gasteiger partial charge in [-0.1, -0.05) is 45.0 Å². The van der Waals surface area contributed by atoms with Gasteiger partial charge < -0.3 is 15.0 Å². The van der Waals surface area contributed by atoms with Crippen LogP contribution in [0.25, 0.3) is 22.2 Å². The molecular formula is C23H29N3O. The van der Waals surface area contributed by atoms with Gasteiger partial charge in [-0.3, -0.25) is 0 Å². The first-order valence-electron chi connectivity index (χ1n) is 9.96. The third-order valence-corrected chi connectivity index (χ3v) is 5.81. The summed E-state index contributed by atoms with van der Waals surface area (Å²) < 4.78 is 6.36. The summed E-state index contributed by atoms with van der Waals surface area (Å²) >= 11 is 0. The van der Waals surface area contributed by atoms with Crippen molar-refractivity contribution in [2.45, 2.75) is 39.5 Å². The Labute approximate surface area is 161 Å². The second kappa shape index (κ2) is 7.35. The number of piperidine rings is 1. The summed E-state index contributed by atoms with van der Waals surface area (Å²) in [4.78, 5) is 7.81. The first kappa shape index (κ1) is 18.1. The molecule has 3 heterocycles. The zero-order valence-electron chi connectivity index (χ0n) is 16.5. The van der Waals surface area contributed by atoms with E-state index >= 15 is 0 Å². The maximum Gasteiger partial charge on any atom is 0.141 e. The average molecular weight is 364 g/mol. The van der Waals surface area contributed by atoms with Gasteiger partial charge in [-0.2, -0.15) is 0 Å². The van der Waals surface area contributed by atoms with E-state index in [0.717, 1.165) is 54.9 Å². The van der Waals surface area contributed by atoms with Crippen molar-refractivity contribution < 1.29 is 4.74 Å². The van der Waals surface area contributed by atoms with E-state index in [0.29, 0.717) is 5.92 Å². The van der Waals surface area contributed by atoms with Crippen molar-refractivity contribution in [3.63, 3.8) is 0 Å². The average Bonchev–Trinajstić information content (AvgIpc) is 3.12. The van der Waals surface area contributed by atoms with Crippen molar-refractivity contribution in [3.8, 4) is 16.9 Å². The summed E-state index contributed by atoms with van der Waals surface area (Å²) in [5, 5.41) is 4.51. The number of fused-ring (bicyclic) bond motifs is 1. The van der Waals surface area contributed by atoms with Gasteiger partial charge in [-0.05, 0) is 49.0 Å². The lowest BCUT2D eigenvalue weighted by molar-refractivity contribution is 0.124. The molecule has 0 radical (unpaired) electrons. The van der Waals surface area contributed by atoms with Crippen molar-refractivity contribution >= 4 is 11.0 Å². The van der Waals surface area contributed by atoms with Crippen LogP contribution in [0.4, 0.5) is 0 Å². The summed E-state index contributed by atoms with van der Waals surface area (Å²) in [6.07, 6.45) is 6.17. The Hall–Kier alpha value is -2.33. The molecule has 0 unspecified atom stereocenters. The number of H-pyrrole nitrogens is 1. The smallest absolute Gasteiger partial charge is 0.141 e. The SMILES string of the molecule is CC(C)c1ccc(-c2c[nH]c3nccc(OCC4(C)CCNCC4)c23)cc1. The Balaban J connectivity index is 1.65. The van der Waals surface area contributed by atoms with Gasteiger partial charge in [0.25, 0.3) is 0 Å². The normalized spacial score (nSPS) is 16.7. The molecule has 4 nitrogen and oxygen atoms in total. The summed E-state index contributed by atoms with van der Waals surface area (Å²) in [6.45, 7) is 9.65. The fourth-order valence-corrected chi connectivity index (χ4v) is 3.85. The number of rotatable bonds is 5. The minimum Gasteiger partial charge on any atom is -0.492 e. The summed E-state index contributed by atoms with van der Waals surface area (Å²) in [5.41, 5.74) is 4.81. The second-order valence-corrected chi connectivity index (χ2v) is 8.36. The van der Waals surface area contributed by atoms with Gasteiger partial charge in [0, 0.05) is 23.4 Å². The van der Waals surface area contributed by atoms with Crippen LogP contribution in [-0.4, -0.2) is 29.7 Å². The van der Waals surface area contributed by atoms with Crippen LogP contribution < -0.4 is 10.1 Å². The maximum absolute atomic E-state index is 6.36. The lowest BCUT2D eigenvalue weighted by atomic mass is 9.82. The number of hydrogen-bond donors (Lipinski definition) is 2. The van der Waals surface area contributed by atoms with Crippen molar-refractivity contribution in [1.29, 1.82) is 0 Å². The number of aromatic amines is 1. The molecule has 0 aliphatic carbocycles. The Kier molecular flexibility index (Phi) is 4.92. The fraction of sp³-hybridized carbons (Fsp3) is 0.435. The number of nitrogens with zero attached hydrogens (tertiary/aromatic N) is 1. The lowest BCUT2D eigenvalue weighted by Gasteiger charge is -2.33. The maximum atomic E-state index is 6.36. The first-order chi connectivity index (χ1) is 13.1. The molecule has 142 valence electrons. The highest BCUT2D eigenvalue weighted by molar-refractivity contribution is 5.98. The van der Waals surface area contributed by atoms with Crippen LogP contribution in [0.2, 0.25) is 0 Å². The molecule has 4 rings (SSSR count). The minimum absolute atomic E-state index is 0.232. The van der Waals surface area contributed by atoms with Crippen LogP contribution in [0.15, 0.2) is 42.7 Å². The van der Waals surface area contributed by atoms with E-state index in [1.807, 2.05) is 18.5 Å². The molecule has 2 N–H and O–H groups in total. The molecule has 3 aromatic rings. The molecule has 0 spiro atoms. The summed E-state index contributed by atoms with van der Waals surface area (Å²) in [7, 11) is 0. The predicted octanol–water partition coefficient (Wildman–Crippen LogP) is 5.12. The molecule has 27 heavy (non-hydrogen) atoms. The van der Waals surface area contributed by atoms with Crippen molar-refractivity contribution in [2.75, 3.05) is 19.7 Å². The van der Waals surface area contributed by atoms with Gasteiger partial charge in [-0.25, -0.2) is 4.98 Å². The van der Waals surface area contributed by atoms with Gasteiger partial charge in [-0.15, -0.1) is 0 Å². The van der Waals surface area contributed by atoms with E-state index in [1.165, 1.54) is 11.1 Å². The van der Waals surface area contributed by atoms with Crippen LogP contribution in [0.3, 0.4) is 0 Å². The first-order valence-corrected chi connectivity index (χ1v) is 9.96. The van der Waals surface area contributed by atoms with E-state index in [1.54, 1.807) is 0 Å². The molecule has 0 amide bonds.